The number of aliphatic hydroxyl groups is 1. The standard InChI is InChI=1S/C19H29N3O2/c1-21(12-17-5-8-20-9-6-17)13-18(24)22-10-2-7-19(14-22,15-23)11-16-3-4-16/h5-6,8-9,16,23H,2-4,7,10-15H2,1H3. The predicted molar refractivity (Wildman–Crippen MR) is 93.2 cm³/mol. The summed E-state index contributed by atoms with van der Waals surface area (Å²) in [6, 6.07) is 3.96. The van der Waals surface area contributed by atoms with Gasteiger partial charge in [0.2, 0.25) is 5.91 Å². The van der Waals surface area contributed by atoms with Crippen LogP contribution in [0, 0.1) is 11.3 Å². The van der Waals surface area contributed by atoms with Crippen molar-refractivity contribution in [3.05, 3.63) is 30.1 Å². The van der Waals surface area contributed by atoms with Crippen molar-refractivity contribution in [3.63, 3.8) is 0 Å². The molecule has 3 rings (SSSR count). The average Bonchev–Trinajstić information content (AvgIpc) is 3.39. The Morgan fingerprint density at radius 2 is 2.17 bits per heavy atom. The first-order chi connectivity index (χ1) is 11.6. The molecule has 1 N–H and O–H groups in total. The van der Waals surface area contributed by atoms with Crippen LogP contribution in [0.15, 0.2) is 24.5 Å². The van der Waals surface area contributed by atoms with Gasteiger partial charge in [0.1, 0.15) is 0 Å². The van der Waals surface area contributed by atoms with Crippen LogP contribution in [-0.2, 0) is 11.3 Å². The predicted octanol–water partition coefficient (Wildman–Crippen LogP) is 1.91. The highest BCUT2D eigenvalue weighted by molar-refractivity contribution is 5.78. The van der Waals surface area contributed by atoms with Crippen molar-refractivity contribution >= 4 is 5.91 Å². The third-order valence-electron chi connectivity index (χ3n) is 5.38. The van der Waals surface area contributed by atoms with Gasteiger partial charge in [-0.05, 0) is 49.9 Å². The van der Waals surface area contributed by atoms with Crippen molar-refractivity contribution in [2.45, 2.75) is 38.6 Å². The molecule has 2 aliphatic rings. The third kappa shape index (κ3) is 4.54. The van der Waals surface area contributed by atoms with Gasteiger partial charge in [-0.1, -0.05) is 12.8 Å². The van der Waals surface area contributed by atoms with Crippen LogP contribution in [0.5, 0.6) is 0 Å². The molecule has 5 nitrogen and oxygen atoms in total. The van der Waals surface area contributed by atoms with Gasteiger partial charge in [0.15, 0.2) is 0 Å². The van der Waals surface area contributed by atoms with Crippen molar-refractivity contribution < 1.29 is 9.90 Å². The molecule has 1 aromatic heterocycles. The van der Waals surface area contributed by atoms with E-state index in [-0.39, 0.29) is 17.9 Å². The monoisotopic (exact) mass is 331 g/mol. The number of pyridine rings is 1. The zero-order valence-electron chi connectivity index (χ0n) is 14.7. The van der Waals surface area contributed by atoms with Crippen LogP contribution in [0.3, 0.4) is 0 Å². The fourth-order valence-corrected chi connectivity index (χ4v) is 3.90. The molecule has 2 fully saturated rings. The van der Waals surface area contributed by atoms with Gasteiger partial charge in [-0.2, -0.15) is 0 Å². The van der Waals surface area contributed by atoms with Crippen molar-refractivity contribution in [1.29, 1.82) is 0 Å². The molecule has 1 saturated heterocycles. The van der Waals surface area contributed by atoms with E-state index in [0.717, 1.165) is 50.4 Å². The number of piperidine rings is 1. The molecule has 1 atom stereocenters. The summed E-state index contributed by atoms with van der Waals surface area (Å²) in [7, 11) is 1.98. The zero-order chi connectivity index (χ0) is 17.0. The van der Waals surface area contributed by atoms with Gasteiger partial charge in [-0.15, -0.1) is 0 Å². The molecular formula is C19H29N3O2. The maximum Gasteiger partial charge on any atom is 0.236 e. The van der Waals surface area contributed by atoms with Crippen LogP contribution in [0.4, 0.5) is 0 Å². The maximum atomic E-state index is 12.7. The first-order valence-corrected chi connectivity index (χ1v) is 9.06. The van der Waals surface area contributed by atoms with E-state index in [1.807, 2.05) is 29.0 Å². The van der Waals surface area contributed by atoms with E-state index >= 15 is 0 Å². The second kappa shape index (κ2) is 7.62. The fraction of sp³-hybridized carbons (Fsp3) is 0.684. The molecule has 0 bridgehead atoms. The van der Waals surface area contributed by atoms with E-state index in [1.165, 1.54) is 12.8 Å². The lowest BCUT2D eigenvalue weighted by Crippen LogP contribution is -2.50. The Kier molecular flexibility index (Phi) is 5.51. The van der Waals surface area contributed by atoms with E-state index in [9.17, 15) is 9.90 Å². The van der Waals surface area contributed by atoms with Gasteiger partial charge >= 0.3 is 0 Å². The Morgan fingerprint density at radius 1 is 1.42 bits per heavy atom. The molecule has 0 spiro atoms. The lowest BCUT2D eigenvalue weighted by molar-refractivity contribution is -0.136. The van der Waals surface area contributed by atoms with Crippen molar-refractivity contribution in [2.24, 2.45) is 11.3 Å². The smallest absolute Gasteiger partial charge is 0.236 e. The molecule has 1 saturated carbocycles. The number of carbonyl (C=O) groups excluding carboxylic acids is 1. The number of carbonyl (C=O) groups is 1. The highest BCUT2D eigenvalue weighted by atomic mass is 16.3. The summed E-state index contributed by atoms with van der Waals surface area (Å²) in [6.45, 7) is 2.93. The van der Waals surface area contributed by atoms with Crippen LogP contribution in [0.25, 0.3) is 0 Å². The average molecular weight is 331 g/mol. The fourth-order valence-electron chi connectivity index (χ4n) is 3.90. The molecule has 24 heavy (non-hydrogen) atoms. The number of rotatable bonds is 7. The normalized spacial score (nSPS) is 24.4. The van der Waals surface area contributed by atoms with Crippen molar-refractivity contribution in [1.82, 2.24) is 14.8 Å². The largest absolute Gasteiger partial charge is 0.396 e. The zero-order valence-corrected chi connectivity index (χ0v) is 14.7. The van der Waals surface area contributed by atoms with Crippen LogP contribution >= 0.6 is 0 Å². The van der Waals surface area contributed by atoms with Gasteiger partial charge < -0.3 is 10.0 Å². The summed E-state index contributed by atoms with van der Waals surface area (Å²) in [5, 5.41) is 9.94. The van der Waals surface area contributed by atoms with E-state index in [4.69, 9.17) is 0 Å². The molecule has 0 aromatic carbocycles. The van der Waals surface area contributed by atoms with Gasteiger partial charge in [-0.25, -0.2) is 0 Å². The number of hydrogen-bond acceptors (Lipinski definition) is 4. The number of amides is 1. The van der Waals surface area contributed by atoms with E-state index in [2.05, 4.69) is 4.98 Å². The maximum absolute atomic E-state index is 12.7. The number of likely N-dealkylation sites (N-methyl/N-ethyl adjacent to an activating group) is 1. The third-order valence-corrected chi connectivity index (χ3v) is 5.38. The SMILES string of the molecule is CN(CC(=O)N1CCCC(CO)(CC2CC2)C1)Cc1ccncc1. The number of hydrogen-bond donors (Lipinski definition) is 1. The Labute approximate surface area is 144 Å². The van der Waals surface area contributed by atoms with E-state index in [0.29, 0.717) is 6.54 Å². The number of aromatic nitrogens is 1. The van der Waals surface area contributed by atoms with Crippen molar-refractivity contribution in [3.8, 4) is 0 Å². The molecular weight excluding hydrogens is 302 g/mol. The minimum atomic E-state index is -0.0568. The molecule has 2 heterocycles. The number of likely N-dealkylation sites (tertiary alicyclic amines) is 1. The summed E-state index contributed by atoms with van der Waals surface area (Å²) < 4.78 is 0. The summed E-state index contributed by atoms with van der Waals surface area (Å²) in [4.78, 5) is 20.7. The lowest BCUT2D eigenvalue weighted by Gasteiger charge is -2.42. The highest BCUT2D eigenvalue weighted by Gasteiger charge is 2.40. The second-order valence-corrected chi connectivity index (χ2v) is 7.75. The summed E-state index contributed by atoms with van der Waals surface area (Å²) in [6.07, 6.45) is 9.30. The summed E-state index contributed by atoms with van der Waals surface area (Å²) in [5.41, 5.74) is 1.11. The van der Waals surface area contributed by atoms with Crippen molar-refractivity contribution in [2.75, 3.05) is 33.3 Å². The number of nitrogens with zero attached hydrogens (tertiary/aromatic N) is 3. The molecule has 1 aliphatic carbocycles. The first kappa shape index (κ1) is 17.4. The van der Waals surface area contributed by atoms with Gasteiger partial charge in [0.25, 0.3) is 0 Å². The molecule has 1 aliphatic heterocycles. The quantitative estimate of drug-likeness (QED) is 0.829. The Morgan fingerprint density at radius 3 is 2.83 bits per heavy atom. The molecule has 1 aromatic rings. The van der Waals surface area contributed by atoms with Gasteiger partial charge in [0.05, 0.1) is 13.2 Å². The van der Waals surface area contributed by atoms with E-state index in [1.54, 1.807) is 12.4 Å². The molecule has 5 heteroatoms. The summed E-state index contributed by atoms with van der Waals surface area (Å²) >= 11 is 0. The Hall–Kier alpha value is -1.46. The minimum absolute atomic E-state index is 0.0568. The molecule has 1 amide bonds. The Balaban J connectivity index is 1.53. The summed E-state index contributed by atoms with van der Waals surface area (Å²) in [5.74, 6) is 0.960. The van der Waals surface area contributed by atoms with E-state index < -0.39 is 0 Å². The molecule has 1 unspecified atom stereocenters. The van der Waals surface area contributed by atoms with Crippen LogP contribution in [0.2, 0.25) is 0 Å². The minimum Gasteiger partial charge on any atom is -0.396 e. The molecule has 132 valence electrons. The lowest BCUT2D eigenvalue weighted by atomic mass is 9.76. The van der Waals surface area contributed by atoms with Gasteiger partial charge in [-0.3, -0.25) is 14.7 Å². The van der Waals surface area contributed by atoms with Gasteiger partial charge in [0, 0.05) is 37.4 Å². The van der Waals surface area contributed by atoms with Crippen LogP contribution < -0.4 is 0 Å². The highest BCUT2D eigenvalue weighted by Crippen LogP contribution is 2.44. The number of aliphatic hydroxyl groups excluding tert-OH is 1. The van der Waals surface area contributed by atoms with Crippen LogP contribution in [-0.4, -0.2) is 59.1 Å². The first-order valence-electron chi connectivity index (χ1n) is 9.06. The van der Waals surface area contributed by atoms with Crippen LogP contribution in [0.1, 0.15) is 37.7 Å². The molecule has 0 radical (unpaired) electrons. The Bertz CT molecular complexity index is 547. The topological polar surface area (TPSA) is 56.7 Å². The second-order valence-electron chi connectivity index (χ2n) is 7.75.